The quantitative estimate of drug-likeness (QED) is 0.685. The van der Waals surface area contributed by atoms with Gasteiger partial charge >= 0.3 is 0 Å². The van der Waals surface area contributed by atoms with E-state index >= 15 is 0 Å². The third-order valence-corrected chi connectivity index (χ3v) is 3.68. The highest BCUT2D eigenvalue weighted by Crippen LogP contribution is 2.24. The van der Waals surface area contributed by atoms with Gasteiger partial charge in [0.15, 0.2) is 5.65 Å². The van der Waals surface area contributed by atoms with Crippen molar-refractivity contribution in [2.24, 2.45) is 0 Å². The smallest absolute Gasteiger partial charge is 0.164 e. The van der Waals surface area contributed by atoms with Crippen LogP contribution >= 0.6 is 11.6 Å². The largest absolute Gasteiger partial charge is 0.280 e. The van der Waals surface area contributed by atoms with Crippen molar-refractivity contribution in [2.45, 2.75) is 20.3 Å². The molecule has 0 aliphatic heterocycles. The summed E-state index contributed by atoms with van der Waals surface area (Å²) < 4.78 is 2.13. The molecule has 0 amide bonds. The van der Waals surface area contributed by atoms with E-state index in [4.69, 9.17) is 16.6 Å². The summed E-state index contributed by atoms with van der Waals surface area (Å²) in [6.07, 6.45) is 2.56. The Kier molecular flexibility index (Phi) is 3.45. The number of fused-ring (bicyclic) bond motifs is 1. The molecule has 1 aromatic carbocycles. The second-order valence-electron chi connectivity index (χ2n) is 4.89. The first kappa shape index (κ1) is 13.1. The van der Waals surface area contributed by atoms with E-state index in [0.717, 1.165) is 34.7 Å². The molecule has 0 unspecified atom stereocenters. The molecule has 2 aromatic heterocycles. The standard InChI is InChI=1S/C16H16ClN3/c1-11-5-3-4-6-13(11)20-14(7-9-17)19-15-12(2)8-10-18-16(15)20/h3-6,8,10H,7,9H2,1-2H3. The lowest BCUT2D eigenvalue weighted by Gasteiger charge is -2.10. The van der Waals surface area contributed by atoms with Gasteiger partial charge in [-0.05, 0) is 37.1 Å². The monoisotopic (exact) mass is 285 g/mol. The van der Waals surface area contributed by atoms with Crippen molar-refractivity contribution in [3.8, 4) is 5.69 Å². The van der Waals surface area contributed by atoms with Crippen LogP contribution < -0.4 is 0 Å². The van der Waals surface area contributed by atoms with Crippen LogP contribution in [0.25, 0.3) is 16.9 Å². The van der Waals surface area contributed by atoms with Gasteiger partial charge in [0, 0.05) is 18.5 Å². The van der Waals surface area contributed by atoms with E-state index in [1.807, 2.05) is 24.4 Å². The highest BCUT2D eigenvalue weighted by atomic mass is 35.5. The summed E-state index contributed by atoms with van der Waals surface area (Å²) in [6.45, 7) is 4.16. The molecule has 0 saturated heterocycles. The van der Waals surface area contributed by atoms with Crippen molar-refractivity contribution in [1.82, 2.24) is 14.5 Å². The van der Waals surface area contributed by atoms with Gasteiger partial charge in [0.2, 0.25) is 0 Å². The van der Waals surface area contributed by atoms with E-state index in [0.29, 0.717) is 5.88 Å². The maximum Gasteiger partial charge on any atom is 0.164 e. The maximum absolute atomic E-state index is 5.93. The maximum atomic E-state index is 5.93. The lowest BCUT2D eigenvalue weighted by atomic mass is 10.2. The first-order valence-electron chi connectivity index (χ1n) is 6.67. The molecule has 3 rings (SSSR count). The summed E-state index contributed by atoms with van der Waals surface area (Å²) >= 11 is 5.93. The van der Waals surface area contributed by atoms with Crippen molar-refractivity contribution in [3.05, 3.63) is 53.5 Å². The molecule has 0 spiro atoms. The Morgan fingerprint density at radius 1 is 1.10 bits per heavy atom. The van der Waals surface area contributed by atoms with Gasteiger partial charge in [-0.3, -0.25) is 4.57 Å². The van der Waals surface area contributed by atoms with Crippen LogP contribution in [-0.2, 0) is 6.42 Å². The second-order valence-corrected chi connectivity index (χ2v) is 5.27. The summed E-state index contributed by atoms with van der Waals surface area (Å²) in [4.78, 5) is 9.26. The number of benzene rings is 1. The van der Waals surface area contributed by atoms with Gasteiger partial charge in [0.25, 0.3) is 0 Å². The van der Waals surface area contributed by atoms with Crippen molar-refractivity contribution in [1.29, 1.82) is 0 Å². The van der Waals surface area contributed by atoms with Crippen LogP contribution in [0.5, 0.6) is 0 Å². The first-order valence-corrected chi connectivity index (χ1v) is 7.20. The number of halogens is 1. The number of hydrogen-bond acceptors (Lipinski definition) is 2. The zero-order chi connectivity index (χ0) is 14.1. The van der Waals surface area contributed by atoms with Gasteiger partial charge < -0.3 is 0 Å². The third kappa shape index (κ3) is 2.08. The van der Waals surface area contributed by atoms with Gasteiger partial charge in [-0.15, -0.1) is 11.6 Å². The molecule has 0 saturated carbocycles. The molecule has 0 radical (unpaired) electrons. The Morgan fingerprint density at radius 2 is 1.90 bits per heavy atom. The predicted molar refractivity (Wildman–Crippen MR) is 82.8 cm³/mol. The van der Waals surface area contributed by atoms with Crippen LogP contribution in [0.3, 0.4) is 0 Å². The minimum absolute atomic E-state index is 0.550. The van der Waals surface area contributed by atoms with Gasteiger partial charge in [-0.1, -0.05) is 18.2 Å². The molecule has 102 valence electrons. The molecule has 0 bridgehead atoms. The number of nitrogens with zero attached hydrogens (tertiary/aromatic N) is 3. The molecular formula is C16H16ClN3. The Hall–Kier alpha value is -1.87. The average Bonchev–Trinajstić information content (AvgIpc) is 2.80. The molecule has 4 heteroatoms. The highest BCUT2D eigenvalue weighted by molar-refractivity contribution is 6.17. The van der Waals surface area contributed by atoms with E-state index < -0.39 is 0 Å². The fraction of sp³-hybridized carbons (Fsp3) is 0.250. The second kappa shape index (κ2) is 5.25. The fourth-order valence-corrected chi connectivity index (χ4v) is 2.63. The highest BCUT2D eigenvalue weighted by Gasteiger charge is 2.15. The van der Waals surface area contributed by atoms with Crippen molar-refractivity contribution in [3.63, 3.8) is 0 Å². The molecule has 0 fully saturated rings. The van der Waals surface area contributed by atoms with Gasteiger partial charge in [0.1, 0.15) is 11.3 Å². The van der Waals surface area contributed by atoms with E-state index in [9.17, 15) is 0 Å². The van der Waals surface area contributed by atoms with Crippen LogP contribution in [0, 0.1) is 13.8 Å². The van der Waals surface area contributed by atoms with Crippen LogP contribution in [0.1, 0.15) is 17.0 Å². The third-order valence-electron chi connectivity index (χ3n) is 3.49. The number of rotatable bonds is 3. The number of hydrogen-bond donors (Lipinski definition) is 0. The summed E-state index contributed by atoms with van der Waals surface area (Å²) in [7, 11) is 0. The minimum atomic E-state index is 0.550. The van der Waals surface area contributed by atoms with Crippen molar-refractivity contribution >= 4 is 22.8 Å². The van der Waals surface area contributed by atoms with Gasteiger partial charge in [0.05, 0.1) is 5.69 Å². The van der Waals surface area contributed by atoms with E-state index in [-0.39, 0.29) is 0 Å². The SMILES string of the molecule is Cc1ccccc1-n1c(CCCl)nc2c(C)ccnc21. The Balaban J connectivity index is 2.35. The fourth-order valence-electron chi connectivity index (χ4n) is 2.46. The summed E-state index contributed by atoms with van der Waals surface area (Å²) in [5.41, 5.74) is 5.31. The number of alkyl halides is 1. The van der Waals surface area contributed by atoms with Crippen molar-refractivity contribution in [2.75, 3.05) is 5.88 Å². The zero-order valence-corrected chi connectivity index (χ0v) is 12.4. The normalized spacial score (nSPS) is 11.2. The lowest BCUT2D eigenvalue weighted by Crippen LogP contribution is -2.04. The van der Waals surface area contributed by atoms with Gasteiger partial charge in [-0.25, -0.2) is 9.97 Å². The summed E-state index contributed by atoms with van der Waals surface area (Å²) in [5.74, 6) is 1.51. The molecule has 0 N–H and O–H groups in total. The number of aryl methyl sites for hydroxylation is 3. The van der Waals surface area contributed by atoms with E-state index in [1.54, 1.807) is 0 Å². The zero-order valence-electron chi connectivity index (χ0n) is 11.6. The summed E-state index contributed by atoms with van der Waals surface area (Å²) in [6, 6.07) is 10.3. The molecule has 0 aliphatic carbocycles. The van der Waals surface area contributed by atoms with E-state index in [1.165, 1.54) is 5.56 Å². The predicted octanol–water partition coefficient (Wildman–Crippen LogP) is 3.82. The number of para-hydroxylation sites is 1. The van der Waals surface area contributed by atoms with Crippen LogP contribution in [0.15, 0.2) is 36.5 Å². The molecule has 3 nitrogen and oxygen atoms in total. The van der Waals surface area contributed by atoms with Crippen molar-refractivity contribution < 1.29 is 0 Å². The van der Waals surface area contributed by atoms with Gasteiger partial charge in [-0.2, -0.15) is 0 Å². The van der Waals surface area contributed by atoms with Crippen LogP contribution in [0.2, 0.25) is 0 Å². The molecule has 2 heterocycles. The van der Waals surface area contributed by atoms with Crippen LogP contribution in [0.4, 0.5) is 0 Å². The number of aromatic nitrogens is 3. The topological polar surface area (TPSA) is 30.7 Å². The summed E-state index contributed by atoms with van der Waals surface area (Å²) in [5, 5.41) is 0. The molecule has 0 aliphatic rings. The molecular weight excluding hydrogens is 270 g/mol. The number of pyridine rings is 1. The van der Waals surface area contributed by atoms with E-state index in [2.05, 4.69) is 35.5 Å². The average molecular weight is 286 g/mol. The molecule has 20 heavy (non-hydrogen) atoms. The molecule has 0 atom stereocenters. The Labute approximate surface area is 123 Å². The first-order chi connectivity index (χ1) is 9.72. The number of imidazole rings is 1. The molecule has 3 aromatic rings. The Morgan fingerprint density at radius 3 is 2.65 bits per heavy atom. The van der Waals surface area contributed by atoms with Crippen LogP contribution in [-0.4, -0.2) is 20.4 Å². The Bertz CT molecular complexity index is 762. The minimum Gasteiger partial charge on any atom is -0.280 e. The lowest BCUT2D eigenvalue weighted by molar-refractivity contribution is 0.900.